The van der Waals surface area contributed by atoms with E-state index in [1.54, 1.807) is 7.11 Å². The van der Waals surface area contributed by atoms with Crippen molar-refractivity contribution in [1.29, 1.82) is 0 Å². The summed E-state index contributed by atoms with van der Waals surface area (Å²) in [6.07, 6.45) is 7.80. The van der Waals surface area contributed by atoms with Gasteiger partial charge >= 0.3 is 0 Å². The van der Waals surface area contributed by atoms with Gasteiger partial charge in [0.2, 0.25) is 6.41 Å². The van der Waals surface area contributed by atoms with Crippen molar-refractivity contribution in [2.45, 2.75) is 78.4 Å². The summed E-state index contributed by atoms with van der Waals surface area (Å²) in [6, 6.07) is 15.7. The molecule has 0 saturated carbocycles. The van der Waals surface area contributed by atoms with E-state index in [4.69, 9.17) is 25.2 Å². The molecule has 0 aromatic heterocycles. The Morgan fingerprint density at radius 2 is 2.00 bits per heavy atom. The summed E-state index contributed by atoms with van der Waals surface area (Å²) in [6.45, 7) is 10.8. The standard InChI is InChI=1S/C16H27N3O.C9H10O.C5H11NO.C2H4O2/c1-18(20-2)10-8-16-7-4-9-19(16)13-15-6-3-5-14(11-15)12-17;1-7-2-3-9-8(6-7)4-5-10-9;1-2-3-4-6-5-7;1-2(3)4/h3,5-6,11,16H,4,7-10,12-13,17H2,1-2H3;2-3,6H,4-5H2,1H3;5H,2-4H2,1H3,(H,6,7);1H3,(H,3,4)/t16-;;;/m1.../s1. The molecule has 4 rings (SSSR count). The molecular weight excluding hydrogens is 520 g/mol. The maximum atomic E-state index is 9.57. The fourth-order valence-corrected chi connectivity index (χ4v) is 4.59. The molecule has 1 amide bonds. The number of rotatable bonds is 11. The third kappa shape index (κ3) is 16.2. The van der Waals surface area contributed by atoms with Crippen molar-refractivity contribution in [1.82, 2.24) is 15.3 Å². The number of nitrogens with one attached hydrogen (secondary N) is 1. The summed E-state index contributed by atoms with van der Waals surface area (Å²) in [7, 11) is 3.72. The Bertz CT molecular complexity index is 1000. The fourth-order valence-electron chi connectivity index (χ4n) is 4.59. The molecule has 4 N–H and O–H groups in total. The number of hydrogen-bond acceptors (Lipinski definition) is 7. The van der Waals surface area contributed by atoms with Gasteiger partial charge in [-0.25, -0.2) is 0 Å². The molecule has 9 nitrogen and oxygen atoms in total. The highest BCUT2D eigenvalue weighted by Crippen LogP contribution is 2.25. The van der Waals surface area contributed by atoms with E-state index in [-0.39, 0.29) is 0 Å². The van der Waals surface area contributed by atoms with Crippen molar-refractivity contribution < 1.29 is 24.3 Å². The van der Waals surface area contributed by atoms with Gasteiger partial charge in [0.25, 0.3) is 5.97 Å². The molecule has 0 bridgehead atoms. The number of nitrogens with two attached hydrogens (primary N) is 1. The van der Waals surface area contributed by atoms with Gasteiger partial charge < -0.3 is 25.7 Å². The number of ether oxygens (including phenoxy) is 1. The minimum Gasteiger partial charge on any atom is -0.493 e. The maximum absolute atomic E-state index is 9.57. The molecule has 1 saturated heterocycles. The lowest BCUT2D eigenvalue weighted by Crippen LogP contribution is -2.32. The normalized spacial score (nSPS) is 15.2. The van der Waals surface area contributed by atoms with Gasteiger partial charge in [0.1, 0.15) is 5.75 Å². The predicted octanol–water partition coefficient (Wildman–Crippen LogP) is 4.55. The Balaban J connectivity index is 0.000000331. The van der Waals surface area contributed by atoms with E-state index < -0.39 is 5.97 Å². The Labute approximate surface area is 247 Å². The number of amides is 1. The van der Waals surface area contributed by atoms with Crippen LogP contribution in [-0.2, 0) is 33.9 Å². The van der Waals surface area contributed by atoms with Crippen molar-refractivity contribution in [3.8, 4) is 5.75 Å². The van der Waals surface area contributed by atoms with Gasteiger partial charge in [0.15, 0.2) is 0 Å². The van der Waals surface area contributed by atoms with Crippen LogP contribution in [0.5, 0.6) is 5.75 Å². The number of unbranched alkanes of at least 4 members (excludes halogenated alkanes) is 1. The number of aryl methyl sites for hydroxylation is 1. The molecule has 1 atom stereocenters. The summed E-state index contributed by atoms with van der Waals surface area (Å²) >= 11 is 0. The number of hydrogen-bond donors (Lipinski definition) is 3. The fraction of sp³-hybridized carbons (Fsp3) is 0.562. The lowest BCUT2D eigenvalue weighted by molar-refractivity contribution is -0.134. The molecule has 2 aromatic carbocycles. The summed E-state index contributed by atoms with van der Waals surface area (Å²) in [5.74, 6) is 0.241. The van der Waals surface area contributed by atoms with Crippen molar-refractivity contribution in [2.24, 2.45) is 5.73 Å². The molecule has 9 heteroatoms. The number of carbonyl (C=O) groups excluding carboxylic acids is 1. The van der Waals surface area contributed by atoms with E-state index in [0.717, 1.165) is 64.6 Å². The minimum absolute atomic E-state index is 0.621. The van der Waals surface area contributed by atoms with Crippen LogP contribution in [0.1, 0.15) is 68.2 Å². The number of hydroxylamine groups is 2. The summed E-state index contributed by atoms with van der Waals surface area (Å²) in [5, 5.41) is 11.9. The molecule has 2 aromatic rings. The van der Waals surface area contributed by atoms with Crippen LogP contribution in [0, 0.1) is 6.92 Å². The molecule has 2 aliphatic heterocycles. The second-order valence-corrected chi connectivity index (χ2v) is 10.3. The average molecular weight is 573 g/mol. The number of nitrogens with zero attached hydrogens (tertiary/aromatic N) is 2. The topological polar surface area (TPSA) is 117 Å². The predicted molar refractivity (Wildman–Crippen MR) is 165 cm³/mol. The molecule has 1 fully saturated rings. The van der Waals surface area contributed by atoms with Crippen LogP contribution in [0.2, 0.25) is 0 Å². The van der Waals surface area contributed by atoms with Crippen LogP contribution >= 0.6 is 0 Å². The molecule has 2 aliphatic rings. The number of likely N-dealkylation sites (tertiary alicyclic amines) is 1. The highest BCUT2D eigenvalue weighted by atomic mass is 16.7. The van der Waals surface area contributed by atoms with Gasteiger partial charge in [-0.15, -0.1) is 0 Å². The van der Waals surface area contributed by atoms with Gasteiger partial charge in [-0.05, 0) is 61.9 Å². The Kier molecular flexibility index (Phi) is 19.1. The molecule has 41 heavy (non-hydrogen) atoms. The largest absolute Gasteiger partial charge is 0.493 e. The molecular formula is C32H52N4O5. The first kappa shape index (κ1) is 36.0. The van der Waals surface area contributed by atoms with E-state index >= 15 is 0 Å². The lowest BCUT2D eigenvalue weighted by Gasteiger charge is -2.26. The van der Waals surface area contributed by atoms with E-state index in [1.807, 2.05) is 12.1 Å². The monoisotopic (exact) mass is 572 g/mol. The summed E-state index contributed by atoms with van der Waals surface area (Å²) in [4.78, 5) is 26.4. The molecule has 0 aliphatic carbocycles. The van der Waals surface area contributed by atoms with Gasteiger partial charge in [-0.2, -0.15) is 5.06 Å². The highest BCUT2D eigenvalue weighted by Gasteiger charge is 2.24. The highest BCUT2D eigenvalue weighted by molar-refractivity contribution is 5.62. The van der Waals surface area contributed by atoms with Crippen LogP contribution in [0.15, 0.2) is 42.5 Å². The zero-order valence-electron chi connectivity index (χ0n) is 25.7. The molecule has 2 heterocycles. The zero-order chi connectivity index (χ0) is 30.5. The van der Waals surface area contributed by atoms with Gasteiger partial charge in [0.05, 0.1) is 13.7 Å². The van der Waals surface area contributed by atoms with Crippen molar-refractivity contribution >= 4 is 12.4 Å². The van der Waals surface area contributed by atoms with Gasteiger partial charge in [0, 0.05) is 52.6 Å². The van der Waals surface area contributed by atoms with Crippen molar-refractivity contribution in [3.05, 3.63) is 64.7 Å². The number of aliphatic carboxylic acids is 1. The minimum atomic E-state index is -0.833. The van der Waals surface area contributed by atoms with Crippen LogP contribution in [0.25, 0.3) is 0 Å². The quantitative estimate of drug-likeness (QED) is 0.204. The van der Waals surface area contributed by atoms with E-state index in [1.165, 1.54) is 48.1 Å². The number of carboxylic acids is 1. The molecule has 0 radical (unpaired) electrons. The first-order valence-electron chi connectivity index (χ1n) is 14.6. The molecule has 0 spiro atoms. The van der Waals surface area contributed by atoms with Crippen LogP contribution in [-0.4, -0.2) is 73.9 Å². The Morgan fingerprint density at radius 3 is 2.66 bits per heavy atom. The van der Waals surface area contributed by atoms with Crippen molar-refractivity contribution in [3.63, 3.8) is 0 Å². The van der Waals surface area contributed by atoms with Crippen LogP contribution in [0.3, 0.4) is 0 Å². The van der Waals surface area contributed by atoms with Gasteiger partial charge in [-0.1, -0.05) is 55.3 Å². The zero-order valence-corrected chi connectivity index (χ0v) is 25.7. The number of fused-ring (bicyclic) bond motifs is 1. The lowest BCUT2D eigenvalue weighted by atomic mass is 10.1. The smallest absolute Gasteiger partial charge is 0.300 e. The second-order valence-electron chi connectivity index (χ2n) is 10.3. The summed E-state index contributed by atoms with van der Waals surface area (Å²) in [5.41, 5.74) is 11.0. The van der Waals surface area contributed by atoms with E-state index in [2.05, 4.69) is 66.5 Å². The van der Waals surface area contributed by atoms with Crippen molar-refractivity contribution in [2.75, 3.05) is 40.4 Å². The van der Waals surface area contributed by atoms with Crippen LogP contribution < -0.4 is 15.8 Å². The Hall–Kier alpha value is -2.98. The third-order valence-corrected chi connectivity index (χ3v) is 6.80. The average Bonchev–Trinajstić information content (AvgIpc) is 3.61. The first-order chi connectivity index (χ1) is 19.7. The molecule has 0 unspecified atom stereocenters. The second kappa shape index (κ2) is 21.7. The van der Waals surface area contributed by atoms with E-state index in [9.17, 15) is 4.79 Å². The number of benzene rings is 2. The SMILES string of the molecule is CC(=O)O.CCCCNC=O.CON(C)CC[C@H]1CCCN1Cc1cccc(CN)c1.Cc1ccc2c(c1)CCO2. The van der Waals surface area contributed by atoms with Crippen LogP contribution in [0.4, 0.5) is 0 Å². The van der Waals surface area contributed by atoms with Gasteiger partial charge in [-0.3, -0.25) is 14.5 Å². The summed E-state index contributed by atoms with van der Waals surface area (Å²) < 4.78 is 5.35. The number of carboxylic acid groups (broad SMARTS) is 1. The number of carbonyl (C=O) groups is 2. The third-order valence-electron chi connectivity index (χ3n) is 6.80. The first-order valence-corrected chi connectivity index (χ1v) is 14.6. The Morgan fingerprint density at radius 1 is 1.27 bits per heavy atom. The molecule has 230 valence electrons. The maximum Gasteiger partial charge on any atom is 0.300 e. The van der Waals surface area contributed by atoms with E-state index in [0.29, 0.717) is 12.6 Å².